The predicted molar refractivity (Wildman–Crippen MR) is 153 cm³/mol. The molecule has 1 rings (SSSR count). The molecule has 1 aliphatic heterocycles. The van der Waals surface area contributed by atoms with Crippen LogP contribution < -0.4 is 0 Å². The number of aliphatic carboxylic acids is 1. The van der Waals surface area contributed by atoms with Crippen LogP contribution in [0.1, 0.15) is 99.8 Å². The quantitative estimate of drug-likeness (QED) is 0.116. The summed E-state index contributed by atoms with van der Waals surface area (Å²) in [5.74, 6) is -1.73. The molecular formula is C30H54O6Si. The number of hydrogen-bond acceptors (Lipinski definition) is 5. The molecule has 0 amide bonds. The maximum absolute atomic E-state index is 12.9. The number of carboxylic acid groups (broad SMARTS) is 1. The zero-order chi connectivity index (χ0) is 28.3. The Hall–Kier alpha value is -1.28. The van der Waals surface area contributed by atoms with Crippen molar-refractivity contribution in [3.8, 4) is 0 Å². The zero-order valence-corrected chi connectivity index (χ0v) is 26.0. The first kappa shape index (κ1) is 33.7. The van der Waals surface area contributed by atoms with Crippen LogP contribution in [-0.2, 0) is 23.5 Å². The van der Waals surface area contributed by atoms with Gasteiger partial charge in [0, 0.05) is 18.3 Å². The summed E-state index contributed by atoms with van der Waals surface area (Å²) in [7, 11) is -1.97. The van der Waals surface area contributed by atoms with Crippen LogP contribution in [0.4, 0.5) is 0 Å². The Balaban J connectivity index is 3.17. The van der Waals surface area contributed by atoms with Gasteiger partial charge in [0.2, 0.25) is 0 Å². The van der Waals surface area contributed by atoms with Gasteiger partial charge in [-0.3, -0.25) is 9.59 Å². The lowest BCUT2D eigenvalue weighted by atomic mass is 9.82. The van der Waals surface area contributed by atoms with Gasteiger partial charge in [0.15, 0.2) is 14.1 Å². The van der Waals surface area contributed by atoms with Crippen LogP contribution in [0, 0.1) is 11.8 Å². The van der Waals surface area contributed by atoms with Crippen molar-refractivity contribution < 1.29 is 28.6 Å². The van der Waals surface area contributed by atoms with Gasteiger partial charge < -0.3 is 19.0 Å². The van der Waals surface area contributed by atoms with Gasteiger partial charge >= 0.3 is 5.97 Å². The minimum absolute atomic E-state index is 0.00411. The van der Waals surface area contributed by atoms with Gasteiger partial charge in [0.05, 0.1) is 18.8 Å². The average molecular weight is 539 g/mol. The molecule has 0 radical (unpaired) electrons. The molecule has 37 heavy (non-hydrogen) atoms. The average Bonchev–Trinajstić information content (AvgIpc) is 3.12. The highest BCUT2D eigenvalue weighted by Gasteiger charge is 2.41. The molecule has 6 nitrogen and oxygen atoms in total. The second kappa shape index (κ2) is 15.3. The van der Waals surface area contributed by atoms with Crippen LogP contribution in [0.15, 0.2) is 24.3 Å². The summed E-state index contributed by atoms with van der Waals surface area (Å²) in [5, 5.41) is 8.96. The van der Waals surface area contributed by atoms with Gasteiger partial charge in [0.25, 0.3) is 0 Å². The van der Waals surface area contributed by atoms with Crippen molar-refractivity contribution in [2.75, 3.05) is 6.61 Å². The number of ketones is 1. The highest BCUT2D eigenvalue weighted by atomic mass is 28.4. The number of carbonyl (C=O) groups is 2. The summed E-state index contributed by atoms with van der Waals surface area (Å²) in [6.45, 7) is 19.5. The van der Waals surface area contributed by atoms with Gasteiger partial charge in [-0.1, -0.05) is 71.3 Å². The van der Waals surface area contributed by atoms with Crippen LogP contribution in [0.2, 0.25) is 18.1 Å². The van der Waals surface area contributed by atoms with E-state index in [0.29, 0.717) is 25.9 Å². The summed E-state index contributed by atoms with van der Waals surface area (Å²) in [5.41, 5.74) is 0. The van der Waals surface area contributed by atoms with Crippen LogP contribution in [0.25, 0.3) is 0 Å². The second-order valence-corrected chi connectivity index (χ2v) is 17.2. The highest BCUT2D eigenvalue weighted by molar-refractivity contribution is 6.74. The van der Waals surface area contributed by atoms with E-state index in [-0.39, 0.29) is 41.3 Å². The van der Waals surface area contributed by atoms with E-state index in [2.05, 4.69) is 52.9 Å². The standard InChI is InChI=1S/C30H54O6Si/c1-10-11-14-17-24(36-37(8,9)29(3,4)5)20-21-26(27-22-34-30(6,7)35-27)25(23(2)31)18-15-12-13-16-19-28(32)33/h12,15,20-21,24-27H,10-11,13-14,16-19,22H2,1-9H3,(H,32,33)/b15-12-,21-20+/t24-,25+,26+,27-/m0/s1. The third-order valence-corrected chi connectivity index (χ3v) is 12.2. The van der Waals surface area contributed by atoms with Crippen molar-refractivity contribution in [1.29, 1.82) is 0 Å². The first-order valence-electron chi connectivity index (χ1n) is 14.1. The molecule has 1 aliphatic rings. The molecule has 1 saturated heterocycles. The Labute approximate surface area is 227 Å². The molecule has 0 spiro atoms. The molecule has 0 aliphatic carbocycles. The van der Waals surface area contributed by atoms with Crippen molar-refractivity contribution in [1.82, 2.24) is 0 Å². The van der Waals surface area contributed by atoms with Crippen LogP contribution >= 0.6 is 0 Å². The van der Waals surface area contributed by atoms with Crippen molar-refractivity contribution in [2.45, 2.75) is 136 Å². The molecule has 1 N–H and O–H groups in total. The third-order valence-electron chi connectivity index (χ3n) is 7.66. The van der Waals surface area contributed by atoms with E-state index in [4.69, 9.17) is 19.0 Å². The molecule has 0 unspecified atom stereocenters. The number of Topliss-reactive ketones (excluding diaryl/α,β-unsaturated/α-hetero) is 1. The lowest BCUT2D eigenvalue weighted by molar-refractivity contribution is -0.147. The molecule has 1 fully saturated rings. The van der Waals surface area contributed by atoms with Gasteiger partial charge in [-0.05, 0) is 64.6 Å². The Bertz CT molecular complexity index is 765. The monoisotopic (exact) mass is 538 g/mol. The number of hydrogen-bond donors (Lipinski definition) is 1. The van der Waals surface area contributed by atoms with E-state index >= 15 is 0 Å². The van der Waals surface area contributed by atoms with E-state index in [9.17, 15) is 9.59 Å². The number of rotatable bonds is 17. The molecule has 7 heteroatoms. The van der Waals surface area contributed by atoms with E-state index in [1.54, 1.807) is 6.92 Å². The van der Waals surface area contributed by atoms with Crippen molar-refractivity contribution in [2.24, 2.45) is 11.8 Å². The van der Waals surface area contributed by atoms with Crippen LogP contribution in [0.3, 0.4) is 0 Å². The molecule has 0 saturated carbocycles. The van der Waals surface area contributed by atoms with Gasteiger partial charge in [0.1, 0.15) is 5.78 Å². The SMILES string of the molecule is CCCCC[C@@H](/C=C/[C@@H]([C@@H]1COC(C)(C)O1)[C@H](C/C=C\CCCC(=O)O)C(C)=O)O[Si](C)(C)C(C)(C)C. The van der Waals surface area contributed by atoms with Gasteiger partial charge in [-0.2, -0.15) is 0 Å². The minimum atomic E-state index is -1.97. The van der Waals surface area contributed by atoms with Crippen molar-refractivity contribution in [3.63, 3.8) is 0 Å². The largest absolute Gasteiger partial charge is 0.481 e. The summed E-state index contributed by atoms with van der Waals surface area (Å²) in [6.07, 6.45) is 14.6. The van der Waals surface area contributed by atoms with Crippen molar-refractivity contribution >= 4 is 20.1 Å². The minimum Gasteiger partial charge on any atom is -0.481 e. The van der Waals surface area contributed by atoms with Crippen LogP contribution in [-0.4, -0.2) is 49.8 Å². The molecule has 0 aromatic carbocycles. The fourth-order valence-corrected chi connectivity index (χ4v) is 5.65. The Morgan fingerprint density at radius 1 is 1.14 bits per heavy atom. The highest BCUT2D eigenvalue weighted by Crippen LogP contribution is 2.38. The summed E-state index contributed by atoms with van der Waals surface area (Å²) in [4.78, 5) is 23.6. The molecule has 1 heterocycles. The lowest BCUT2D eigenvalue weighted by Gasteiger charge is -2.39. The first-order chi connectivity index (χ1) is 17.1. The maximum atomic E-state index is 12.9. The van der Waals surface area contributed by atoms with Crippen molar-refractivity contribution in [3.05, 3.63) is 24.3 Å². The normalized spacial score (nSPS) is 20.9. The van der Waals surface area contributed by atoms with Crippen LogP contribution in [0.5, 0.6) is 0 Å². The smallest absolute Gasteiger partial charge is 0.303 e. The summed E-state index contributed by atoms with van der Waals surface area (Å²) < 4.78 is 19.0. The molecule has 0 aromatic rings. The van der Waals surface area contributed by atoms with Gasteiger partial charge in [-0.25, -0.2) is 0 Å². The number of allylic oxidation sites excluding steroid dienone is 2. The Morgan fingerprint density at radius 3 is 2.32 bits per heavy atom. The molecule has 0 aromatic heterocycles. The third kappa shape index (κ3) is 12.4. The number of carbonyl (C=O) groups excluding carboxylic acids is 1. The van der Waals surface area contributed by atoms with E-state index < -0.39 is 20.1 Å². The predicted octanol–water partition coefficient (Wildman–Crippen LogP) is 7.69. The van der Waals surface area contributed by atoms with E-state index in [0.717, 1.165) is 19.3 Å². The maximum Gasteiger partial charge on any atom is 0.303 e. The Morgan fingerprint density at radius 2 is 1.81 bits per heavy atom. The Kier molecular flexibility index (Phi) is 14.0. The summed E-state index contributed by atoms with van der Waals surface area (Å²) in [6, 6.07) is 0. The first-order valence-corrected chi connectivity index (χ1v) is 17.1. The molecule has 0 bridgehead atoms. The summed E-state index contributed by atoms with van der Waals surface area (Å²) >= 11 is 0. The number of unbranched alkanes of at least 4 members (excludes halogenated alkanes) is 3. The fraction of sp³-hybridized carbons (Fsp3) is 0.800. The zero-order valence-electron chi connectivity index (χ0n) is 25.0. The molecule has 4 atom stereocenters. The molecule has 214 valence electrons. The number of carboxylic acids is 1. The lowest BCUT2D eigenvalue weighted by Crippen LogP contribution is -2.43. The van der Waals surface area contributed by atoms with E-state index in [1.165, 1.54) is 6.42 Å². The number of ether oxygens (including phenoxy) is 2. The molecular weight excluding hydrogens is 484 g/mol. The van der Waals surface area contributed by atoms with Gasteiger partial charge in [-0.15, -0.1) is 0 Å². The fourth-order valence-electron chi connectivity index (χ4n) is 4.35. The second-order valence-electron chi connectivity index (χ2n) is 12.5. The van der Waals surface area contributed by atoms with E-state index in [1.807, 2.05) is 26.0 Å². The topological polar surface area (TPSA) is 82.1 Å².